The Bertz CT molecular complexity index is 420. The normalized spacial score (nSPS) is 17.2. The van der Waals surface area contributed by atoms with Crippen molar-refractivity contribution in [2.24, 2.45) is 5.92 Å². The lowest BCUT2D eigenvalue weighted by Gasteiger charge is -2.30. The Balaban J connectivity index is 2.14. The highest BCUT2D eigenvalue weighted by atomic mass is 16.2. The van der Waals surface area contributed by atoms with Gasteiger partial charge >= 0.3 is 0 Å². The molecule has 1 aromatic rings. The van der Waals surface area contributed by atoms with Gasteiger partial charge in [-0.2, -0.15) is 0 Å². The zero-order chi connectivity index (χ0) is 12.4. The summed E-state index contributed by atoms with van der Waals surface area (Å²) < 4.78 is 0. The molecule has 0 spiro atoms. The smallest absolute Gasteiger partial charge is 0.254 e. The summed E-state index contributed by atoms with van der Waals surface area (Å²) >= 11 is 0. The number of carbonyl (C=O) groups is 1. The summed E-state index contributed by atoms with van der Waals surface area (Å²) in [5.41, 5.74) is 8.17. The number of carbonyl (C=O) groups excluding carboxylic acids is 1. The van der Waals surface area contributed by atoms with Crippen molar-refractivity contribution in [3.63, 3.8) is 0 Å². The van der Waals surface area contributed by atoms with E-state index in [1.165, 1.54) is 0 Å². The van der Waals surface area contributed by atoms with E-state index >= 15 is 0 Å². The second-order valence-corrected chi connectivity index (χ2v) is 5.05. The predicted molar refractivity (Wildman–Crippen MR) is 69.9 cm³/mol. The minimum absolute atomic E-state index is 0.148. The van der Waals surface area contributed by atoms with E-state index in [-0.39, 0.29) is 5.91 Å². The maximum Gasteiger partial charge on any atom is 0.254 e. The van der Waals surface area contributed by atoms with Crippen molar-refractivity contribution in [1.82, 2.24) is 4.90 Å². The van der Waals surface area contributed by atoms with Crippen molar-refractivity contribution in [3.05, 3.63) is 29.3 Å². The van der Waals surface area contributed by atoms with Crippen LogP contribution in [0.3, 0.4) is 0 Å². The Labute approximate surface area is 103 Å². The monoisotopic (exact) mass is 232 g/mol. The lowest BCUT2D eigenvalue weighted by molar-refractivity contribution is 0.0696. The summed E-state index contributed by atoms with van der Waals surface area (Å²) in [6.07, 6.45) is 2.22. The van der Waals surface area contributed by atoms with Gasteiger partial charge in [0.25, 0.3) is 5.91 Å². The molecule has 1 aromatic carbocycles. The number of nitrogen functional groups attached to an aromatic ring is 1. The molecule has 1 heterocycles. The Kier molecular flexibility index (Phi) is 3.36. The maximum atomic E-state index is 12.3. The highest BCUT2D eigenvalue weighted by molar-refractivity contribution is 5.96. The van der Waals surface area contributed by atoms with E-state index in [0.717, 1.165) is 43.0 Å². The molecule has 1 saturated heterocycles. The molecule has 0 aliphatic carbocycles. The van der Waals surface area contributed by atoms with Gasteiger partial charge in [-0.15, -0.1) is 0 Å². The van der Waals surface area contributed by atoms with Crippen LogP contribution in [0, 0.1) is 12.8 Å². The van der Waals surface area contributed by atoms with Gasteiger partial charge in [-0.1, -0.05) is 6.92 Å². The van der Waals surface area contributed by atoms with Crippen LogP contribution in [-0.2, 0) is 0 Å². The molecule has 3 heteroatoms. The number of rotatable bonds is 1. The number of piperidine rings is 1. The molecule has 92 valence electrons. The number of aryl methyl sites for hydroxylation is 1. The number of benzene rings is 1. The van der Waals surface area contributed by atoms with Crippen LogP contribution in [0.15, 0.2) is 18.2 Å². The SMILES string of the molecule is Cc1cc(N)ccc1C(=O)N1CCC(C)CC1. The summed E-state index contributed by atoms with van der Waals surface area (Å²) in [6.45, 7) is 5.94. The Morgan fingerprint density at radius 2 is 2.00 bits per heavy atom. The van der Waals surface area contributed by atoms with Gasteiger partial charge in [-0.05, 0) is 49.4 Å². The van der Waals surface area contributed by atoms with Gasteiger partial charge in [-0.3, -0.25) is 4.79 Å². The van der Waals surface area contributed by atoms with Crippen molar-refractivity contribution in [2.45, 2.75) is 26.7 Å². The van der Waals surface area contributed by atoms with Gasteiger partial charge in [0.1, 0.15) is 0 Å². The van der Waals surface area contributed by atoms with Crippen molar-refractivity contribution in [2.75, 3.05) is 18.8 Å². The quantitative estimate of drug-likeness (QED) is 0.756. The fraction of sp³-hybridized carbons (Fsp3) is 0.500. The molecule has 0 saturated carbocycles. The summed E-state index contributed by atoms with van der Waals surface area (Å²) in [5, 5.41) is 0. The molecule has 17 heavy (non-hydrogen) atoms. The van der Waals surface area contributed by atoms with Crippen LogP contribution in [0.5, 0.6) is 0 Å². The molecule has 0 radical (unpaired) electrons. The van der Waals surface area contributed by atoms with Gasteiger partial charge in [0, 0.05) is 24.3 Å². The fourth-order valence-electron chi connectivity index (χ4n) is 2.31. The van der Waals surface area contributed by atoms with E-state index in [0.29, 0.717) is 5.69 Å². The van der Waals surface area contributed by atoms with Crippen molar-refractivity contribution < 1.29 is 4.79 Å². The number of amides is 1. The van der Waals surface area contributed by atoms with Crippen LogP contribution in [0.25, 0.3) is 0 Å². The summed E-state index contributed by atoms with van der Waals surface area (Å²) in [5.74, 6) is 0.890. The van der Waals surface area contributed by atoms with Crippen molar-refractivity contribution in [1.29, 1.82) is 0 Å². The molecule has 0 bridgehead atoms. The molecule has 0 aromatic heterocycles. The van der Waals surface area contributed by atoms with Crippen LogP contribution in [0.2, 0.25) is 0 Å². The van der Waals surface area contributed by atoms with E-state index < -0.39 is 0 Å². The third kappa shape index (κ3) is 2.60. The first-order valence-corrected chi connectivity index (χ1v) is 6.23. The van der Waals surface area contributed by atoms with Crippen LogP contribution in [-0.4, -0.2) is 23.9 Å². The van der Waals surface area contributed by atoms with E-state index in [4.69, 9.17) is 5.73 Å². The first-order valence-electron chi connectivity index (χ1n) is 6.23. The average molecular weight is 232 g/mol. The first kappa shape index (κ1) is 12.0. The number of hydrogen-bond donors (Lipinski definition) is 1. The Morgan fingerprint density at radius 1 is 1.35 bits per heavy atom. The Morgan fingerprint density at radius 3 is 2.59 bits per heavy atom. The third-order valence-electron chi connectivity index (χ3n) is 3.55. The van der Waals surface area contributed by atoms with Gasteiger partial charge in [0.2, 0.25) is 0 Å². The standard InChI is InChI=1S/C14H20N2O/c1-10-5-7-16(8-6-10)14(17)13-4-3-12(15)9-11(13)2/h3-4,9-10H,5-8,15H2,1-2H3. The molecule has 2 rings (SSSR count). The molecular weight excluding hydrogens is 212 g/mol. The molecule has 1 aliphatic rings. The fourth-order valence-corrected chi connectivity index (χ4v) is 2.31. The van der Waals surface area contributed by atoms with E-state index in [9.17, 15) is 4.79 Å². The minimum atomic E-state index is 0.148. The molecule has 0 unspecified atom stereocenters. The van der Waals surface area contributed by atoms with Crippen LogP contribution >= 0.6 is 0 Å². The van der Waals surface area contributed by atoms with E-state index in [1.54, 1.807) is 6.07 Å². The van der Waals surface area contributed by atoms with Crippen LogP contribution < -0.4 is 5.73 Å². The maximum absolute atomic E-state index is 12.3. The highest BCUT2D eigenvalue weighted by Gasteiger charge is 2.22. The first-order chi connectivity index (χ1) is 8.08. The molecular formula is C14H20N2O. The number of likely N-dealkylation sites (tertiary alicyclic amines) is 1. The summed E-state index contributed by atoms with van der Waals surface area (Å²) in [4.78, 5) is 14.3. The third-order valence-corrected chi connectivity index (χ3v) is 3.55. The predicted octanol–water partition coefficient (Wildman–Crippen LogP) is 2.45. The van der Waals surface area contributed by atoms with Gasteiger partial charge < -0.3 is 10.6 Å². The lowest BCUT2D eigenvalue weighted by atomic mass is 9.98. The topological polar surface area (TPSA) is 46.3 Å². The van der Waals surface area contributed by atoms with Crippen LogP contribution in [0.1, 0.15) is 35.7 Å². The largest absolute Gasteiger partial charge is 0.399 e. The molecule has 1 aliphatic heterocycles. The Hall–Kier alpha value is -1.51. The average Bonchev–Trinajstić information content (AvgIpc) is 2.29. The van der Waals surface area contributed by atoms with Crippen molar-refractivity contribution in [3.8, 4) is 0 Å². The number of nitrogens with two attached hydrogens (primary N) is 1. The molecule has 2 N–H and O–H groups in total. The highest BCUT2D eigenvalue weighted by Crippen LogP contribution is 2.20. The zero-order valence-electron chi connectivity index (χ0n) is 10.6. The van der Waals surface area contributed by atoms with E-state index in [2.05, 4.69) is 6.92 Å². The summed E-state index contributed by atoms with van der Waals surface area (Å²) in [6, 6.07) is 5.50. The molecule has 0 atom stereocenters. The zero-order valence-corrected chi connectivity index (χ0v) is 10.6. The van der Waals surface area contributed by atoms with E-state index in [1.807, 2.05) is 24.0 Å². The molecule has 3 nitrogen and oxygen atoms in total. The number of hydrogen-bond acceptors (Lipinski definition) is 2. The molecule has 1 fully saturated rings. The number of anilines is 1. The second kappa shape index (κ2) is 4.78. The summed E-state index contributed by atoms with van der Waals surface area (Å²) in [7, 11) is 0. The number of nitrogens with zero attached hydrogens (tertiary/aromatic N) is 1. The van der Waals surface area contributed by atoms with Gasteiger partial charge in [0.15, 0.2) is 0 Å². The van der Waals surface area contributed by atoms with Crippen molar-refractivity contribution >= 4 is 11.6 Å². The minimum Gasteiger partial charge on any atom is -0.399 e. The second-order valence-electron chi connectivity index (χ2n) is 5.05. The van der Waals surface area contributed by atoms with Gasteiger partial charge in [-0.25, -0.2) is 0 Å². The van der Waals surface area contributed by atoms with Gasteiger partial charge in [0.05, 0.1) is 0 Å². The molecule has 1 amide bonds. The lowest BCUT2D eigenvalue weighted by Crippen LogP contribution is -2.38. The van der Waals surface area contributed by atoms with Crippen LogP contribution in [0.4, 0.5) is 5.69 Å².